The number of carbonyl (C=O) groups excluding carboxylic acids is 1. The van der Waals surface area contributed by atoms with Crippen LogP contribution in [-0.2, 0) is 9.47 Å². The van der Waals surface area contributed by atoms with Crippen molar-refractivity contribution in [2.75, 3.05) is 26.4 Å². The van der Waals surface area contributed by atoms with Crippen molar-refractivity contribution in [3.63, 3.8) is 0 Å². The molecule has 1 aromatic carbocycles. The van der Waals surface area contributed by atoms with Crippen LogP contribution in [0.15, 0.2) is 18.2 Å². The van der Waals surface area contributed by atoms with Gasteiger partial charge < -0.3 is 9.47 Å². The summed E-state index contributed by atoms with van der Waals surface area (Å²) >= 11 is 0. The maximum atomic E-state index is 12.8. The van der Waals surface area contributed by atoms with Gasteiger partial charge in [-0.2, -0.15) is 0 Å². The average molecular weight is 244 g/mol. The molecule has 0 aliphatic rings. The molecule has 0 spiro atoms. The molecule has 0 fully saturated rings. The van der Waals surface area contributed by atoms with Gasteiger partial charge in [0.25, 0.3) is 0 Å². The number of hydrogen-bond acceptors (Lipinski definition) is 3. The first-order valence-corrected chi connectivity index (χ1v) is 5.29. The Labute approximate surface area is 98.3 Å². The Bertz CT molecular complexity index is 380. The molecular weight excluding hydrogens is 230 g/mol. The molecule has 0 heterocycles. The standard InChI is InChI=1S/C12H14F2O3/c1-2-16-5-6-17-8-12(15)9-3-4-10(13)11(14)7-9/h3-4,7H,2,5-6,8H2,1H3. The lowest BCUT2D eigenvalue weighted by atomic mass is 10.1. The van der Waals surface area contributed by atoms with E-state index >= 15 is 0 Å². The van der Waals surface area contributed by atoms with Gasteiger partial charge in [-0.3, -0.25) is 4.79 Å². The van der Waals surface area contributed by atoms with Crippen molar-refractivity contribution < 1.29 is 23.0 Å². The van der Waals surface area contributed by atoms with Gasteiger partial charge in [0.2, 0.25) is 0 Å². The van der Waals surface area contributed by atoms with E-state index in [1.165, 1.54) is 6.07 Å². The molecule has 0 bridgehead atoms. The van der Waals surface area contributed by atoms with Gasteiger partial charge in [0.05, 0.1) is 13.2 Å². The van der Waals surface area contributed by atoms with Crippen molar-refractivity contribution in [2.24, 2.45) is 0 Å². The monoisotopic (exact) mass is 244 g/mol. The Morgan fingerprint density at radius 2 is 1.88 bits per heavy atom. The number of benzene rings is 1. The number of Topliss-reactive ketones (excluding diaryl/α,β-unsaturated/α-hetero) is 1. The van der Waals surface area contributed by atoms with Crippen molar-refractivity contribution in [1.29, 1.82) is 0 Å². The van der Waals surface area contributed by atoms with Crippen LogP contribution < -0.4 is 0 Å². The fourth-order valence-electron chi connectivity index (χ4n) is 1.18. The highest BCUT2D eigenvalue weighted by Gasteiger charge is 2.09. The molecule has 94 valence electrons. The predicted octanol–water partition coefficient (Wildman–Crippen LogP) is 2.20. The summed E-state index contributed by atoms with van der Waals surface area (Å²) in [5, 5.41) is 0. The molecule has 5 heteroatoms. The van der Waals surface area contributed by atoms with Crippen LogP contribution in [0.4, 0.5) is 8.78 Å². The fraction of sp³-hybridized carbons (Fsp3) is 0.417. The summed E-state index contributed by atoms with van der Waals surface area (Å²) in [6.45, 7) is 2.97. The molecule has 0 radical (unpaired) electrons. The van der Waals surface area contributed by atoms with E-state index in [0.29, 0.717) is 19.8 Å². The Kier molecular flexibility index (Phi) is 5.72. The van der Waals surface area contributed by atoms with E-state index in [-0.39, 0.29) is 18.0 Å². The Hall–Kier alpha value is -1.33. The second-order valence-electron chi connectivity index (χ2n) is 3.30. The van der Waals surface area contributed by atoms with Crippen LogP contribution in [0.5, 0.6) is 0 Å². The van der Waals surface area contributed by atoms with E-state index in [1.807, 2.05) is 6.92 Å². The molecule has 0 unspecified atom stereocenters. The molecule has 3 nitrogen and oxygen atoms in total. The van der Waals surface area contributed by atoms with Gasteiger partial charge in [0, 0.05) is 12.2 Å². The zero-order valence-electron chi connectivity index (χ0n) is 9.54. The molecule has 0 aromatic heterocycles. The van der Waals surface area contributed by atoms with Crippen molar-refractivity contribution in [3.8, 4) is 0 Å². The molecule has 0 aliphatic heterocycles. The third-order valence-corrected chi connectivity index (χ3v) is 2.05. The van der Waals surface area contributed by atoms with Gasteiger partial charge in [0.1, 0.15) is 6.61 Å². The lowest BCUT2D eigenvalue weighted by Gasteiger charge is -2.04. The fourth-order valence-corrected chi connectivity index (χ4v) is 1.18. The molecular formula is C12H14F2O3. The average Bonchev–Trinajstić information content (AvgIpc) is 2.32. The third kappa shape index (κ3) is 4.58. The van der Waals surface area contributed by atoms with Crippen molar-refractivity contribution in [1.82, 2.24) is 0 Å². The Morgan fingerprint density at radius 3 is 2.53 bits per heavy atom. The second-order valence-corrected chi connectivity index (χ2v) is 3.30. The summed E-state index contributed by atoms with van der Waals surface area (Å²) in [5.41, 5.74) is 0.0975. The molecule has 0 amide bonds. The molecule has 1 aromatic rings. The summed E-state index contributed by atoms with van der Waals surface area (Å²) in [7, 11) is 0. The minimum absolute atomic E-state index is 0.0975. The van der Waals surface area contributed by atoms with Crippen LogP contribution in [0.25, 0.3) is 0 Å². The Balaban J connectivity index is 2.39. The van der Waals surface area contributed by atoms with Gasteiger partial charge in [-0.1, -0.05) is 0 Å². The first kappa shape index (κ1) is 13.7. The van der Waals surface area contributed by atoms with Gasteiger partial charge in [-0.05, 0) is 25.1 Å². The van der Waals surface area contributed by atoms with E-state index in [0.717, 1.165) is 12.1 Å². The molecule has 0 N–H and O–H groups in total. The highest BCUT2D eigenvalue weighted by atomic mass is 19.2. The highest BCUT2D eigenvalue weighted by molar-refractivity contribution is 5.97. The quantitative estimate of drug-likeness (QED) is 0.545. The zero-order chi connectivity index (χ0) is 12.7. The number of rotatable bonds is 7. The van der Waals surface area contributed by atoms with Crippen LogP contribution in [0, 0.1) is 11.6 Å². The van der Waals surface area contributed by atoms with Crippen LogP contribution >= 0.6 is 0 Å². The second kappa shape index (κ2) is 7.09. The van der Waals surface area contributed by atoms with Gasteiger partial charge in [-0.15, -0.1) is 0 Å². The number of hydrogen-bond donors (Lipinski definition) is 0. The molecule has 0 atom stereocenters. The van der Waals surface area contributed by atoms with Gasteiger partial charge in [0.15, 0.2) is 17.4 Å². The summed E-state index contributed by atoms with van der Waals surface area (Å²) in [4.78, 5) is 11.5. The van der Waals surface area contributed by atoms with Gasteiger partial charge in [-0.25, -0.2) is 8.78 Å². The largest absolute Gasteiger partial charge is 0.379 e. The number of carbonyl (C=O) groups is 1. The first-order chi connectivity index (χ1) is 8.15. The van der Waals surface area contributed by atoms with E-state index in [1.54, 1.807) is 0 Å². The minimum Gasteiger partial charge on any atom is -0.379 e. The van der Waals surface area contributed by atoms with Crippen LogP contribution in [-0.4, -0.2) is 32.2 Å². The van der Waals surface area contributed by atoms with Crippen LogP contribution in [0.2, 0.25) is 0 Å². The molecule has 0 saturated carbocycles. The number of halogens is 2. The molecule has 17 heavy (non-hydrogen) atoms. The van der Waals surface area contributed by atoms with E-state index < -0.39 is 11.6 Å². The number of ether oxygens (including phenoxy) is 2. The normalized spacial score (nSPS) is 10.5. The number of ketones is 1. The smallest absolute Gasteiger partial charge is 0.188 e. The highest BCUT2D eigenvalue weighted by Crippen LogP contribution is 2.09. The minimum atomic E-state index is -1.04. The van der Waals surface area contributed by atoms with Gasteiger partial charge >= 0.3 is 0 Å². The lowest BCUT2D eigenvalue weighted by Crippen LogP contribution is -2.13. The SMILES string of the molecule is CCOCCOCC(=O)c1ccc(F)c(F)c1. The van der Waals surface area contributed by atoms with Crippen molar-refractivity contribution in [2.45, 2.75) is 6.92 Å². The van der Waals surface area contributed by atoms with Crippen molar-refractivity contribution in [3.05, 3.63) is 35.4 Å². The first-order valence-electron chi connectivity index (χ1n) is 5.29. The van der Waals surface area contributed by atoms with E-state index in [9.17, 15) is 13.6 Å². The van der Waals surface area contributed by atoms with Crippen molar-refractivity contribution >= 4 is 5.78 Å². The summed E-state index contributed by atoms with van der Waals surface area (Å²) in [5.74, 6) is -2.40. The van der Waals surface area contributed by atoms with E-state index in [4.69, 9.17) is 9.47 Å². The summed E-state index contributed by atoms with van der Waals surface area (Å²) in [6, 6.07) is 3.01. The van der Waals surface area contributed by atoms with Crippen LogP contribution in [0.1, 0.15) is 17.3 Å². The van der Waals surface area contributed by atoms with E-state index in [2.05, 4.69) is 0 Å². The molecule has 0 aliphatic carbocycles. The topological polar surface area (TPSA) is 35.5 Å². The molecule has 1 rings (SSSR count). The Morgan fingerprint density at radius 1 is 1.18 bits per heavy atom. The zero-order valence-corrected chi connectivity index (χ0v) is 9.54. The maximum Gasteiger partial charge on any atom is 0.188 e. The summed E-state index contributed by atoms with van der Waals surface area (Å²) < 4.78 is 35.5. The summed E-state index contributed by atoms with van der Waals surface area (Å²) in [6.07, 6.45) is 0. The van der Waals surface area contributed by atoms with Crippen LogP contribution in [0.3, 0.4) is 0 Å². The third-order valence-electron chi connectivity index (χ3n) is 2.05. The molecule has 0 saturated heterocycles. The lowest BCUT2D eigenvalue weighted by molar-refractivity contribution is 0.0475. The maximum absolute atomic E-state index is 12.8. The predicted molar refractivity (Wildman–Crippen MR) is 58.0 cm³/mol.